The molecule has 0 spiro atoms. The van der Waals surface area contributed by atoms with E-state index in [1.807, 2.05) is 0 Å². The Labute approximate surface area is 151 Å². The molecule has 26 heavy (non-hydrogen) atoms. The van der Waals surface area contributed by atoms with Gasteiger partial charge in [0.2, 0.25) is 5.91 Å². The Morgan fingerprint density at radius 2 is 1.92 bits per heavy atom. The van der Waals surface area contributed by atoms with E-state index in [4.69, 9.17) is 0 Å². The lowest BCUT2D eigenvalue weighted by Gasteiger charge is -2.40. The SMILES string of the molecule is O=C1C2CCC(CN(Cc3ccc(C(F)(F)F)nc3)C2)N1CC1CCC1. The molecule has 2 atom stereocenters. The standard InChI is InChI=1S/C19H24F3N3O/c20-19(21,22)17-7-4-14(8-23-17)9-24-11-15-5-6-16(12-24)25(18(15)26)10-13-2-1-3-13/h4,7-8,13,15-16H,1-3,5-6,9-12H2. The van der Waals surface area contributed by atoms with E-state index >= 15 is 0 Å². The van der Waals surface area contributed by atoms with Crippen LogP contribution in [0.1, 0.15) is 43.4 Å². The Balaban J connectivity index is 1.43. The number of carbonyl (C=O) groups excluding carboxylic acids is 1. The summed E-state index contributed by atoms with van der Waals surface area (Å²) in [4.78, 5) is 20.7. The van der Waals surface area contributed by atoms with Crippen LogP contribution in [0.4, 0.5) is 13.2 Å². The summed E-state index contributed by atoms with van der Waals surface area (Å²) in [6.07, 6.45) is 2.58. The van der Waals surface area contributed by atoms with E-state index in [-0.39, 0.29) is 17.9 Å². The summed E-state index contributed by atoms with van der Waals surface area (Å²) in [5.74, 6) is 0.961. The maximum atomic E-state index is 12.8. The topological polar surface area (TPSA) is 36.4 Å². The van der Waals surface area contributed by atoms with Crippen molar-refractivity contribution in [3.05, 3.63) is 29.6 Å². The fourth-order valence-corrected chi connectivity index (χ4v) is 4.40. The fourth-order valence-electron chi connectivity index (χ4n) is 4.40. The molecule has 142 valence electrons. The van der Waals surface area contributed by atoms with Crippen LogP contribution in [-0.2, 0) is 17.5 Å². The quantitative estimate of drug-likeness (QED) is 0.819. The second-order valence-corrected chi connectivity index (χ2v) is 7.96. The second-order valence-electron chi connectivity index (χ2n) is 7.96. The lowest BCUT2D eigenvalue weighted by Crippen LogP contribution is -2.50. The van der Waals surface area contributed by atoms with Crippen LogP contribution in [0, 0.1) is 11.8 Å². The van der Waals surface area contributed by atoms with Crippen molar-refractivity contribution in [3.8, 4) is 0 Å². The average molecular weight is 367 g/mol. The van der Waals surface area contributed by atoms with Gasteiger partial charge in [0.05, 0.1) is 5.92 Å². The molecule has 3 aliphatic heterocycles. The molecule has 1 aromatic rings. The smallest absolute Gasteiger partial charge is 0.338 e. The first-order valence-electron chi connectivity index (χ1n) is 9.45. The van der Waals surface area contributed by atoms with Gasteiger partial charge in [-0.15, -0.1) is 0 Å². The van der Waals surface area contributed by atoms with Crippen molar-refractivity contribution in [3.63, 3.8) is 0 Å². The van der Waals surface area contributed by atoms with Gasteiger partial charge in [0.15, 0.2) is 0 Å². The number of carbonyl (C=O) groups is 1. The molecular formula is C19H24F3N3O. The third-order valence-electron chi connectivity index (χ3n) is 6.07. The van der Waals surface area contributed by atoms with Gasteiger partial charge >= 0.3 is 6.18 Å². The van der Waals surface area contributed by atoms with Crippen LogP contribution in [0.5, 0.6) is 0 Å². The molecule has 0 aromatic carbocycles. The van der Waals surface area contributed by atoms with Crippen molar-refractivity contribution in [2.75, 3.05) is 19.6 Å². The van der Waals surface area contributed by atoms with Crippen LogP contribution in [0.3, 0.4) is 0 Å². The van der Waals surface area contributed by atoms with E-state index in [0.29, 0.717) is 19.0 Å². The number of hydrogen-bond acceptors (Lipinski definition) is 3. The molecule has 1 saturated carbocycles. The predicted molar refractivity (Wildman–Crippen MR) is 90.1 cm³/mol. The van der Waals surface area contributed by atoms with Crippen LogP contribution in [0.25, 0.3) is 0 Å². The minimum absolute atomic E-state index is 0.0243. The summed E-state index contributed by atoms with van der Waals surface area (Å²) >= 11 is 0. The van der Waals surface area contributed by atoms with E-state index < -0.39 is 11.9 Å². The molecule has 0 radical (unpaired) electrons. The van der Waals surface area contributed by atoms with Crippen molar-refractivity contribution in [2.24, 2.45) is 11.8 Å². The van der Waals surface area contributed by atoms with Crippen molar-refractivity contribution >= 4 is 5.91 Å². The number of fused-ring (bicyclic) bond motifs is 4. The first-order chi connectivity index (χ1) is 12.4. The zero-order chi connectivity index (χ0) is 18.3. The molecule has 4 heterocycles. The molecule has 4 nitrogen and oxygen atoms in total. The summed E-state index contributed by atoms with van der Waals surface area (Å²) in [6, 6.07) is 2.77. The number of halogens is 3. The zero-order valence-corrected chi connectivity index (χ0v) is 14.7. The third-order valence-corrected chi connectivity index (χ3v) is 6.07. The van der Waals surface area contributed by atoms with Gasteiger partial charge in [-0.25, -0.2) is 0 Å². The lowest BCUT2D eigenvalue weighted by molar-refractivity contribution is -0.142. The first kappa shape index (κ1) is 17.8. The Morgan fingerprint density at radius 1 is 1.12 bits per heavy atom. The van der Waals surface area contributed by atoms with Gasteiger partial charge in [-0.3, -0.25) is 14.7 Å². The van der Waals surface area contributed by atoms with Crippen LogP contribution in [0.15, 0.2) is 18.3 Å². The van der Waals surface area contributed by atoms with E-state index in [9.17, 15) is 18.0 Å². The molecule has 7 heteroatoms. The Morgan fingerprint density at radius 3 is 2.54 bits per heavy atom. The molecule has 2 bridgehead atoms. The van der Waals surface area contributed by atoms with Crippen LogP contribution in [-0.4, -0.2) is 46.4 Å². The highest BCUT2D eigenvalue weighted by Crippen LogP contribution is 2.34. The van der Waals surface area contributed by atoms with Crippen LogP contribution < -0.4 is 0 Å². The van der Waals surface area contributed by atoms with Gasteiger partial charge < -0.3 is 4.90 Å². The summed E-state index contributed by atoms with van der Waals surface area (Å²) in [5.41, 5.74) is -0.101. The van der Waals surface area contributed by atoms with E-state index in [0.717, 1.165) is 37.6 Å². The molecular weight excluding hydrogens is 343 g/mol. The largest absolute Gasteiger partial charge is 0.433 e. The Hall–Kier alpha value is -1.63. The number of rotatable bonds is 4. The van der Waals surface area contributed by atoms with Crippen molar-refractivity contribution in [1.82, 2.24) is 14.8 Å². The van der Waals surface area contributed by atoms with Gasteiger partial charge in [-0.05, 0) is 43.2 Å². The summed E-state index contributed by atoms with van der Waals surface area (Å²) in [5, 5.41) is 0. The fraction of sp³-hybridized carbons (Fsp3) is 0.684. The van der Waals surface area contributed by atoms with Crippen molar-refractivity contribution < 1.29 is 18.0 Å². The summed E-state index contributed by atoms with van der Waals surface area (Å²) < 4.78 is 38.0. The van der Waals surface area contributed by atoms with E-state index in [1.54, 1.807) is 0 Å². The van der Waals surface area contributed by atoms with Gasteiger partial charge in [-0.1, -0.05) is 12.5 Å². The van der Waals surface area contributed by atoms with Gasteiger partial charge in [0.25, 0.3) is 0 Å². The zero-order valence-electron chi connectivity index (χ0n) is 14.7. The van der Waals surface area contributed by atoms with E-state index in [2.05, 4.69) is 14.8 Å². The normalized spacial score (nSPS) is 27.5. The van der Waals surface area contributed by atoms with Crippen molar-refractivity contribution in [2.45, 2.75) is 50.9 Å². The first-order valence-corrected chi connectivity index (χ1v) is 9.45. The Bertz CT molecular complexity index is 657. The minimum Gasteiger partial charge on any atom is -0.338 e. The molecule has 3 saturated heterocycles. The number of nitrogens with zero attached hydrogens (tertiary/aromatic N) is 3. The number of piperidine rings is 1. The number of amides is 1. The molecule has 1 aromatic heterocycles. The predicted octanol–water partition coefficient (Wildman–Crippen LogP) is 3.32. The number of pyridine rings is 1. The lowest BCUT2D eigenvalue weighted by atomic mass is 9.83. The molecule has 1 aliphatic carbocycles. The summed E-state index contributed by atoms with van der Waals surface area (Å²) in [7, 11) is 0. The van der Waals surface area contributed by atoms with Gasteiger partial charge in [-0.2, -0.15) is 13.2 Å². The van der Waals surface area contributed by atoms with Crippen LogP contribution >= 0.6 is 0 Å². The monoisotopic (exact) mass is 367 g/mol. The molecule has 4 aliphatic rings. The molecule has 2 unspecified atom stereocenters. The number of hydrogen-bond donors (Lipinski definition) is 0. The molecule has 1 amide bonds. The molecule has 0 N–H and O–H groups in total. The number of aromatic nitrogens is 1. The van der Waals surface area contributed by atoms with Crippen LogP contribution in [0.2, 0.25) is 0 Å². The highest BCUT2D eigenvalue weighted by atomic mass is 19.4. The molecule has 4 fully saturated rings. The minimum atomic E-state index is -4.41. The third kappa shape index (κ3) is 3.59. The average Bonchev–Trinajstić information content (AvgIpc) is 2.81. The number of alkyl halides is 3. The Kier molecular flexibility index (Phi) is 4.67. The second kappa shape index (κ2) is 6.83. The highest BCUT2D eigenvalue weighted by Gasteiger charge is 2.41. The van der Waals surface area contributed by atoms with Gasteiger partial charge in [0, 0.05) is 38.4 Å². The highest BCUT2D eigenvalue weighted by molar-refractivity contribution is 5.80. The summed E-state index contributed by atoms with van der Waals surface area (Å²) in [6.45, 7) is 2.92. The van der Waals surface area contributed by atoms with E-state index in [1.165, 1.54) is 31.5 Å². The van der Waals surface area contributed by atoms with Crippen molar-refractivity contribution in [1.29, 1.82) is 0 Å². The maximum Gasteiger partial charge on any atom is 0.433 e. The molecule has 5 rings (SSSR count). The maximum absolute atomic E-state index is 12.8. The van der Waals surface area contributed by atoms with Gasteiger partial charge in [0.1, 0.15) is 5.69 Å².